The van der Waals surface area contributed by atoms with Crippen LogP contribution in [0.15, 0.2) is 0 Å². The van der Waals surface area contributed by atoms with Crippen molar-refractivity contribution < 1.29 is 4.74 Å². The summed E-state index contributed by atoms with van der Waals surface area (Å²) in [7, 11) is 3.92. The van der Waals surface area contributed by atoms with E-state index in [2.05, 4.69) is 45.0 Å². The summed E-state index contributed by atoms with van der Waals surface area (Å²) in [5.41, 5.74) is 0.204. The Morgan fingerprint density at radius 2 is 1.93 bits per heavy atom. The Bertz CT molecular complexity index is 154. The number of nitrogens with zero attached hydrogens (tertiary/aromatic N) is 1. The summed E-state index contributed by atoms with van der Waals surface area (Å²) in [5, 5.41) is 3.55. The molecule has 15 heavy (non-hydrogen) atoms. The first-order valence-electron chi connectivity index (χ1n) is 5.85. The summed E-state index contributed by atoms with van der Waals surface area (Å²) < 4.78 is 5.09. The van der Waals surface area contributed by atoms with Crippen LogP contribution in [0, 0.1) is 0 Å². The van der Waals surface area contributed by atoms with Crippen LogP contribution < -0.4 is 5.32 Å². The highest BCUT2D eigenvalue weighted by atomic mass is 16.5. The summed E-state index contributed by atoms with van der Waals surface area (Å²) in [6.07, 6.45) is 1.17. The van der Waals surface area contributed by atoms with Crippen molar-refractivity contribution in [3.05, 3.63) is 0 Å². The molecule has 0 rings (SSSR count). The highest BCUT2D eigenvalue weighted by molar-refractivity contribution is 4.76. The maximum absolute atomic E-state index is 5.09. The van der Waals surface area contributed by atoms with Gasteiger partial charge < -0.3 is 10.1 Å². The Labute approximate surface area is 95.2 Å². The fourth-order valence-corrected chi connectivity index (χ4v) is 1.45. The lowest BCUT2D eigenvalue weighted by molar-refractivity contribution is 0.133. The van der Waals surface area contributed by atoms with Gasteiger partial charge in [-0.15, -0.1) is 0 Å². The maximum atomic E-state index is 5.09. The number of rotatable bonds is 7. The average molecular weight is 216 g/mol. The van der Waals surface area contributed by atoms with Gasteiger partial charge in [-0.1, -0.05) is 6.92 Å². The van der Waals surface area contributed by atoms with Crippen molar-refractivity contribution in [3.63, 3.8) is 0 Å². The number of nitrogens with one attached hydrogen (secondary N) is 1. The zero-order chi connectivity index (χ0) is 11.9. The first-order valence-corrected chi connectivity index (χ1v) is 5.85. The lowest BCUT2D eigenvalue weighted by atomic mass is 10.1. The van der Waals surface area contributed by atoms with E-state index in [0.717, 1.165) is 19.7 Å². The second kappa shape index (κ2) is 7.20. The molecule has 0 saturated carbocycles. The Kier molecular flexibility index (Phi) is 7.14. The number of likely N-dealkylation sites (N-methyl/N-ethyl adjacent to an activating group) is 1. The lowest BCUT2D eigenvalue weighted by Crippen LogP contribution is -2.46. The van der Waals surface area contributed by atoms with Gasteiger partial charge in [0.15, 0.2) is 0 Å². The smallest absolute Gasteiger partial charge is 0.0589 e. The van der Waals surface area contributed by atoms with Crippen LogP contribution in [-0.4, -0.2) is 50.3 Å². The van der Waals surface area contributed by atoms with Crippen molar-refractivity contribution in [2.45, 2.75) is 45.7 Å². The van der Waals surface area contributed by atoms with Gasteiger partial charge in [-0.3, -0.25) is 4.90 Å². The van der Waals surface area contributed by atoms with Gasteiger partial charge in [0.2, 0.25) is 0 Å². The van der Waals surface area contributed by atoms with Crippen LogP contribution in [0.3, 0.4) is 0 Å². The first-order chi connectivity index (χ1) is 6.90. The molecule has 0 fully saturated rings. The largest absolute Gasteiger partial charge is 0.383 e. The molecule has 0 aliphatic carbocycles. The van der Waals surface area contributed by atoms with Crippen molar-refractivity contribution in [1.29, 1.82) is 0 Å². The van der Waals surface area contributed by atoms with Gasteiger partial charge >= 0.3 is 0 Å². The molecule has 0 aliphatic rings. The molecule has 1 atom stereocenters. The zero-order valence-electron chi connectivity index (χ0n) is 11.3. The molecule has 0 heterocycles. The van der Waals surface area contributed by atoms with Crippen molar-refractivity contribution in [2.24, 2.45) is 0 Å². The topological polar surface area (TPSA) is 24.5 Å². The molecule has 0 aliphatic heterocycles. The molecule has 92 valence electrons. The second-order valence-corrected chi connectivity index (χ2v) is 5.17. The Balaban J connectivity index is 3.90. The number of ether oxygens (including phenoxy) is 1. The Hall–Kier alpha value is -0.120. The van der Waals surface area contributed by atoms with E-state index in [1.165, 1.54) is 6.42 Å². The molecule has 3 nitrogen and oxygen atoms in total. The van der Waals surface area contributed by atoms with Gasteiger partial charge in [0.1, 0.15) is 0 Å². The predicted molar refractivity (Wildman–Crippen MR) is 66.3 cm³/mol. The second-order valence-electron chi connectivity index (χ2n) is 5.17. The molecule has 0 radical (unpaired) electrons. The predicted octanol–water partition coefficient (Wildman–Crippen LogP) is 1.73. The van der Waals surface area contributed by atoms with E-state index in [0.29, 0.717) is 6.04 Å². The molecule has 0 saturated heterocycles. The molecule has 3 heteroatoms. The van der Waals surface area contributed by atoms with E-state index in [9.17, 15) is 0 Å². The summed E-state index contributed by atoms with van der Waals surface area (Å²) >= 11 is 0. The summed E-state index contributed by atoms with van der Waals surface area (Å²) in [4.78, 5) is 2.36. The van der Waals surface area contributed by atoms with Crippen LogP contribution in [0.2, 0.25) is 0 Å². The fraction of sp³-hybridized carbons (Fsp3) is 1.00. The Morgan fingerprint density at radius 1 is 1.33 bits per heavy atom. The van der Waals surface area contributed by atoms with E-state index < -0.39 is 0 Å². The minimum absolute atomic E-state index is 0.204. The van der Waals surface area contributed by atoms with Gasteiger partial charge in [-0.25, -0.2) is 0 Å². The van der Waals surface area contributed by atoms with E-state index in [4.69, 9.17) is 4.74 Å². The highest BCUT2D eigenvalue weighted by Gasteiger charge is 2.15. The van der Waals surface area contributed by atoms with Gasteiger partial charge in [0, 0.05) is 31.8 Å². The van der Waals surface area contributed by atoms with E-state index in [-0.39, 0.29) is 5.54 Å². The van der Waals surface area contributed by atoms with Crippen molar-refractivity contribution in [2.75, 3.05) is 33.9 Å². The van der Waals surface area contributed by atoms with Crippen LogP contribution in [-0.2, 0) is 4.74 Å². The van der Waals surface area contributed by atoms with Gasteiger partial charge in [0.05, 0.1) is 6.61 Å². The van der Waals surface area contributed by atoms with E-state index in [1.54, 1.807) is 7.11 Å². The average Bonchev–Trinajstić information content (AvgIpc) is 2.13. The Morgan fingerprint density at radius 3 is 2.33 bits per heavy atom. The van der Waals surface area contributed by atoms with E-state index >= 15 is 0 Å². The fourth-order valence-electron chi connectivity index (χ4n) is 1.45. The molecule has 1 N–H and O–H groups in total. The standard InChI is InChI=1S/C12H28N2O/c1-7-11(10-13-12(2,3)4)14(5)8-9-15-6/h11,13H,7-10H2,1-6H3. The van der Waals surface area contributed by atoms with Crippen LogP contribution in [0.5, 0.6) is 0 Å². The van der Waals surface area contributed by atoms with Crippen molar-refractivity contribution in [1.82, 2.24) is 10.2 Å². The molecule has 0 bridgehead atoms. The summed E-state index contributed by atoms with van der Waals surface area (Å²) in [6.45, 7) is 11.7. The van der Waals surface area contributed by atoms with Crippen molar-refractivity contribution >= 4 is 0 Å². The molecule has 0 spiro atoms. The van der Waals surface area contributed by atoms with Gasteiger partial charge in [-0.05, 0) is 34.2 Å². The van der Waals surface area contributed by atoms with Crippen LogP contribution in [0.25, 0.3) is 0 Å². The zero-order valence-corrected chi connectivity index (χ0v) is 11.3. The molecular weight excluding hydrogens is 188 g/mol. The molecule has 0 aromatic carbocycles. The molecule has 1 unspecified atom stereocenters. The van der Waals surface area contributed by atoms with Crippen LogP contribution in [0.1, 0.15) is 34.1 Å². The minimum Gasteiger partial charge on any atom is -0.383 e. The third kappa shape index (κ3) is 7.77. The SMILES string of the molecule is CCC(CNC(C)(C)C)N(C)CCOC. The summed E-state index contributed by atoms with van der Waals surface area (Å²) in [6, 6.07) is 0.597. The van der Waals surface area contributed by atoms with Crippen molar-refractivity contribution in [3.8, 4) is 0 Å². The number of methoxy groups -OCH3 is 1. The number of hydrogen-bond donors (Lipinski definition) is 1. The maximum Gasteiger partial charge on any atom is 0.0589 e. The minimum atomic E-state index is 0.204. The quantitative estimate of drug-likeness (QED) is 0.701. The van der Waals surface area contributed by atoms with E-state index in [1.807, 2.05) is 0 Å². The van der Waals surface area contributed by atoms with Gasteiger partial charge in [0.25, 0.3) is 0 Å². The summed E-state index contributed by atoms with van der Waals surface area (Å²) in [5.74, 6) is 0. The van der Waals surface area contributed by atoms with Crippen LogP contribution >= 0.6 is 0 Å². The molecular formula is C12H28N2O. The number of hydrogen-bond acceptors (Lipinski definition) is 3. The normalized spacial score (nSPS) is 14.6. The third-order valence-corrected chi connectivity index (χ3v) is 2.61. The highest BCUT2D eigenvalue weighted by Crippen LogP contribution is 2.04. The molecule has 0 aromatic rings. The monoisotopic (exact) mass is 216 g/mol. The molecule has 0 aromatic heterocycles. The lowest BCUT2D eigenvalue weighted by Gasteiger charge is -2.30. The molecule has 0 amide bonds. The van der Waals surface area contributed by atoms with Gasteiger partial charge in [-0.2, -0.15) is 0 Å². The first kappa shape index (κ1) is 14.9. The third-order valence-electron chi connectivity index (χ3n) is 2.61. The van der Waals surface area contributed by atoms with Crippen LogP contribution in [0.4, 0.5) is 0 Å².